The fourth-order valence-electron chi connectivity index (χ4n) is 1.98. The average Bonchev–Trinajstić information content (AvgIpc) is 2.37. The summed E-state index contributed by atoms with van der Waals surface area (Å²) in [6, 6.07) is 6.64. The molecule has 0 saturated heterocycles. The topological polar surface area (TPSA) is 21.3 Å². The summed E-state index contributed by atoms with van der Waals surface area (Å²) in [6.07, 6.45) is 6.50. The van der Waals surface area contributed by atoms with Crippen LogP contribution in [0.3, 0.4) is 0 Å². The maximum atomic E-state index is 5.29. The van der Waals surface area contributed by atoms with Crippen molar-refractivity contribution in [1.82, 2.24) is 0 Å². The highest BCUT2D eigenvalue weighted by Gasteiger charge is 2.05. The Morgan fingerprint density at radius 2 is 2.06 bits per heavy atom. The first-order valence-corrected chi connectivity index (χ1v) is 7.56. The number of halogens is 1. The molecule has 1 unspecified atom stereocenters. The van der Waals surface area contributed by atoms with Crippen LogP contribution in [0.2, 0.25) is 0 Å². The van der Waals surface area contributed by atoms with E-state index in [4.69, 9.17) is 4.74 Å². The van der Waals surface area contributed by atoms with Crippen LogP contribution in [0.4, 0.5) is 5.69 Å². The Labute approximate surface area is 119 Å². The molecule has 0 aliphatic carbocycles. The number of hydrogen-bond donors (Lipinski definition) is 1. The smallest absolute Gasteiger partial charge is 0.135 e. The highest BCUT2D eigenvalue weighted by molar-refractivity contribution is 9.10. The number of unbranched alkanes of at least 4 members (excludes halogenated alkanes) is 3. The average molecular weight is 314 g/mol. The second kappa shape index (κ2) is 8.41. The molecular weight excluding hydrogens is 290 g/mol. The predicted octanol–water partition coefficient (Wildman–Crippen LogP) is 5.23. The molecule has 3 heteroatoms. The monoisotopic (exact) mass is 313 g/mol. The Kier molecular flexibility index (Phi) is 7.18. The van der Waals surface area contributed by atoms with E-state index in [0.717, 1.165) is 15.9 Å². The van der Waals surface area contributed by atoms with E-state index in [0.29, 0.717) is 6.04 Å². The maximum Gasteiger partial charge on any atom is 0.135 e. The molecule has 1 aromatic rings. The number of rotatable bonds is 8. The zero-order chi connectivity index (χ0) is 13.4. The van der Waals surface area contributed by atoms with E-state index in [1.54, 1.807) is 7.11 Å². The number of methoxy groups -OCH3 is 1. The maximum absolute atomic E-state index is 5.29. The van der Waals surface area contributed by atoms with Crippen LogP contribution < -0.4 is 10.1 Å². The van der Waals surface area contributed by atoms with Crippen LogP contribution >= 0.6 is 15.9 Å². The molecule has 0 saturated carbocycles. The Morgan fingerprint density at radius 3 is 2.72 bits per heavy atom. The molecule has 0 amide bonds. The minimum atomic E-state index is 0.507. The lowest BCUT2D eigenvalue weighted by Crippen LogP contribution is -2.14. The molecule has 0 aliphatic heterocycles. The van der Waals surface area contributed by atoms with Gasteiger partial charge in [0.25, 0.3) is 0 Å². The summed E-state index contributed by atoms with van der Waals surface area (Å²) in [5.74, 6) is 0.873. The zero-order valence-electron chi connectivity index (χ0n) is 11.6. The van der Waals surface area contributed by atoms with Crippen molar-refractivity contribution in [2.24, 2.45) is 0 Å². The Hall–Kier alpha value is -0.700. The quantitative estimate of drug-likeness (QED) is 0.664. The van der Waals surface area contributed by atoms with E-state index < -0.39 is 0 Å². The molecule has 0 aromatic heterocycles. The standard InChI is InChI=1S/C15H24BrNO/c1-4-5-6-7-8-12(2)17-13-9-10-14(16)15(11-13)18-3/h9-12,17H,4-8H2,1-3H3. The molecule has 1 atom stereocenters. The summed E-state index contributed by atoms with van der Waals surface area (Å²) < 4.78 is 6.29. The van der Waals surface area contributed by atoms with Gasteiger partial charge in [-0.3, -0.25) is 0 Å². The first-order chi connectivity index (χ1) is 8.67. The first kappa shape index (κ1) is 15.4. The van der Waals surface area contributed by atoms with Gasteiger partial charge in [0.15, 0.2) is 0 Å². The second-order valence-electron chi connectivity index (χ2n) is 4.74. The van der Waals surface area contributed by atoms with E-state index in [1.807, 2.05) is 12.1 Å². The van der Waals surface area contributed by atoms with Crippen LogP contribution in [0.25, 0.3) is 0 Å². The molecule has 2 nitrogen and oxygen atoms in total. The minimum absolute atomic E-state index is 0.507. The van der Waals surface area contributed by atoms with E-state index in [9.17, 15) is 0 Å². The van der Waals surface area contributed by atoms with Crippen molar-refractivity contribution < 1.29 is 4.74 Å². The van der Waals surface area contributed by atoms with Gasteiger partial charge in [0.1, 0.15) is 5.75 Å². The van der Waals surface area contributed by atoms with Gasteiger partial charge in [-0.1, -0.05) is 32.6 Å². The zero-order valence-corrected chi connectivity index (χ0v) is 13.2. The number of ether oxygens (including phenoxy) is 1. The van der Waals surface area contributed by atoms with Crippen LogP contribution in [-0.2, 0) is 0 Å². The lowest BCUT2D eigenvalue weighted by Gasteiger charge is -2.16. The van der Waals surface area contributed by atoms with Crippen molar-refractivity contribution in [1.29, 1.82) is 0 Å². The van der Waals surface area contributed by atoms with Gasteiger partial charge in [-0.05, 0) is 41.4 Å². The SMILES string of the molecule is CCCCCCC(C)Nc1ccc(Br)c(OC)c1. The third-order valence-electron chi connectivity index (χ3n) is 3.05. The minimum Gasteiger partial charge on any atom is -0.495 e. The van der Waals surface area contributed by atoms with Gasteiger partial charge in [0.05, 0.1) is 11.6 Å². The molecule has 0 aliphatic rings. The number of anilines is 1. The van der Waals surface area contributed by atoms with Crippen molar-refractivity contribution in [2.75, 3.05) is 12.4 Å². The molecule has 0 bridgehead atoms. The highest BCUT2D eigenvalue weighted by Crippen LogP contribution is 2.28. The van der Waals surface area contributed by atoms with E-state index in [-0.39, 0.29) is 0 Å². The van der Waals surface area contributed by atoms with Gasteiger partial charge < -0.3 is 10.1 Å². The summed E-state index contributed by atoms with van der Waals surface area (Å²) in [5.41, 5.74) is 1.12. The molecular formula is C15H24BrNO. The van der Waals surface area contributed by atoms with Crippen molar-refractivity contribution >= 4 is 21.6 Å². The normalized spacial score (nSPS) is 12.2. The lowest BCUT2D eigenvalue weighted by molar-refractivity contribution is 0.412. The summed E-state index contributed by atoms with van der Waals surface area (Å²) in [7, 11) is 1.69. The second-order valence-corrected chi connectivity index (χ2v) is 5.60. The molecule has 0 spiro atoms. The van der Waals surface area contributed by atoms with Gasteiger partial charge in [0, 0.05) is 17.8 Å². The molecule has 1 aromatic carbocycles. The molecule has 1 rings (SSSR count). The van der Waals surface area contributed by atoms with E-state index in [1.165, 1.54) is 32.1 Å². The molecule has 18 heavy (non-hydrogen) atoms. The third-order valence-corrected chi connectivity index (χ3v) is 3.71. The fourth-order valence-corrected chi connectivity index (χ4v) is 2.39. The van der Waals surface area contributed by atoms with Crippen molar-refractivity contribution in [2.45, 2.75) is 52.0 Å². The number of nitrogens with one attached hydrogen (secondary N) is 1. The molecule has 1 N–H and O–H groups in total. The summed E-state index contributed by atoms with van der Waals surface area (Å²) in [4.78, 5) is 0. The van der Waals surface area contributed by atoms with Crippen LogP contribution in [0, 0.1) is 0 Å². The fraction of sp³-hybridized carbons (Fsp3) is 0.600. The number of benzene rings is 1. The summed E-state index contributed by atoms with van der Waals surface area (Å²) in [6.45, 7) is 4.48. The molecule has 0 fully saturated rings. The predicted molar refractivity (Wildman–Crippen MR) is 82.5 cm³/mol. The molecule has 0 radical (unpaired) electrons. The van der Waals surface area contributed by atoms with Crippen LogP contribution in [0.1, 0.15) is 46.0 Å². The third kappa shape index (κ3) is 5.30. The van der Waals surface area contributed by atoms with Gasteiger partial charge >= 0.3 is 0 Å². The van der Waals surface area contributed by atoms with Gasteiger partial charge in [-0.15, -0.1) is 0 Å². The van der Waals surface area contributed by atoms with Crippen LogP contribution in [0.15, 0.2) is 22.7 Å². The van der Waals surface area contributed by atoms with Crippen LogP contribution in [0.5, 0.6) is 5.75 Å². The van der Waals surface area contributed by atoms with E-state index in [2.05, 4.69) is 41.2 Å². The van der Waals surface area contributed by atoms with Crippen LogP contribution in [-0.4, -0.2) is 13.2 Å². The highest BCUT2D eigenvalue weighted by atomic mass is 79.9. The molecule has 102 valence electrons. The largest absolute Gasteiger partial charge is 0.495 e. The Balaban J connectivity index is 2.41. The Bertz CT molecular complexity index is 354. The Morgan fingerprint density at radius 1 is 1.28 bits per heavy atom. The summed E-state index contributed by atoms with van der Waals surface area (Å²) >= 11 is 3.46. The van der Waals surface area contributed by atoms with Gasteiger partial charge in [-0.25, -0.2) is 0 Å². The molecule has 0 heterocycles. The van der Waals surface area contributed by atoms with Gasteiger partial charge in [-0.2, -0.15) is 0 Å². The first-order valence-electron chi connectivity index (χ1n) is 6.77. The summed E-state index contributed by atoms with van der Waals surface area (Å²) in [5, 5.41) is 3.52. The van der Waals surface area contributed by atoms with E-state index >= 15 is 0 Å². The van der Waals surface area contributed by atoms with Crippen molar-refractivity contribution in [3.8, 4) is 5.75 Å². The lowest BCUT2D eigenvalue weighted by atomic mass is 10.1. The number of hydrogen-bond acceptors (Lipinski definition) is 2. The van der Waals surface area contributed by atoms with Crippen molar-refractivity contribution in [3.63, 3.8) is 0 Å². The van der Waals surface area contributed by atoms with Gasteiger partial charge in [0.2, 0.25) is 0 Å². The van der Waals surface area contributed by atoms with Crippen molar-refractivity contribution in [3.05, 3.63) is 22.7 Å².